The molecule has 0 aliphatic carbocycles. The number of aromatic nitrogens is 3. The van der Waals surface area contributed by atoms with E-state index in [1.54, 1.807) is 19.2 Å². The van der Waals surface area contributed by atoms with Crippen molar-refractivity contribution in [3.05, 3.63) is 71.7 Å². The van der Waals surface area contributed by atoms with E-state index in [1.165, 1.54) is 6.07 Å². The van der Waals surface area contributed by atoms with Crippen LogP contribution in [0.1, 0.15) is 11.4 Å². The lowest BCUT2D eigenvalue weighted by Gasteiger charge is -2.10. The lowest BCUT2D eigenvalue weighted by Crippen LogP contribution is -2.30. The molecule has 1 aromatic carbocycles. The molecule has 0 radical (unpaired) electrons. The first kappa shape index (κ1) is 20.1. The molecule has 0 bridgehead atoms. The van der Waals surface area contributed by atoms with Gasteiger partial charge in [-0.05, 0) is 30.7 Å². The van der Waals surface area contributed by atoms with Gasteiger partial charge in [0.2, 0.25) is 5.91 Å². The predicted molar refractivity (Wildman–Crippen MR) is 106 cm³/mol. The van der Waals surface area contributed by atoms with Gasteiger partial charge in [0.05, 0.1) is 6.42 Å². The Balaban J connectivity index is 1.48. The Morgan fingerprint density at radius 2 is 1.83 bits per heavy atom. The first-order valence-corrected chi connectivity index (χ1v) is 8.98. The van der Waals surface area contributed by atoms with Crippen molar-refractivity contribution in [3.8, 4) is 0 Å². The Morgan fingerprint density at radius 1 is 1.00 bits per heavy atom. The summed E-state index contributed by atoms with van der Waals surface area (Å²) in [6.07, 6.45) is 1.52. The van der Waals surface area contributed by atoms with Crippen LogP contribution in [0.15, 0.2) is 48.7 Å². The van der Waals surface area contributed by atoms with Crippen LogP contribution in [0, 0.1) is 18.6 Å². The fourth-order valence-electron chi connectivity index (χ4n) is 2.58. The molecule has 2 heterocycles. The standard InChI is InChI=1S/C20H20F2N6O/c1-13-26-18(12-19(27-13)28-17-4-2-3-7-23-17)24-8-9-25-20(29)10-14-5-6-15(21)11-16(14)22/h2-7,11-12H,8-10H2,1H3,(H,25,29)(H2,23,24,26,27,28). The molecule has 150 valence electrons. The summed E-state index contributed by atoms with van der Waals surface area (Å²) in [5.74, 6) is 0.662. The summed E-state index contributed by atoms with van der Waals surface area (Å²) < 4.78 is 26.5. The van der Waals surface area contributed by atoms with Gasteiger partial charge in [-0.3, -0.25) is 4.79 Å². The zero-order valence-electron chi connectivity index (χ0n) is 15.7. The first-order chi connectivity index (χ1) is 14.0. The van der Waals surface area contributed by atoms with Gasteiger partial charge in [-0.2, -0.15) is 0 Å². The van der Waals surface area contributed by atoms with Crippen LogP contribution in [0.2, 0.25) is 0 Å². The van der Waals surface area contributed by atoms with Gasteiger partial charge in [0, 0.05) is 31.4 Å². The van der Waals surface area contributed by atoms with Crippen LogP contribution < -0.4 is 16.0 Å². The third-order valence-electron chi connectivity index (χ3n) is 3.88. The molecule has 0 unspecified atom stereocenters. The van der Waals surface area contributed by atoms with E-state index in [0.29, 0.717) is 36.4 Å². The molecular formula is C20H20F2N6O. The van der Waals surface area contributed by atoms with Gasteiger partial charge < -0.3 is 16.0 Å². The molecule has 0 atom stereocenters. The second-order valence-electron chi connectivity index (χ2n) is 6.21. The Labute approximate surface area is 166 Å². The number of pyridine rings is 1. The van der Waals surface area contributed by atoms with Gasteiger partial charge in [0.25, 0.3) is 0 Å². The summed E-state index contributed by atoms with van der Waals surface area (Å²) in [6.45, 7) is 2.50. The number of nitrogens with zero attached hydrogens (tertiary/aromatic N) is 3. The van der Waals surface area contributed by atoms with Crippen molar-refractivity contribution in [3.63, 3.8) is 0 Å². The second-order valence-corrected chi connectivity index (χ2v) is 6.21. The van der Waals surface area contributed by atoms with Crippen LogP contribution >= 0.6 is 0 Å². The molecule has 0 aliphatic rings. The van der Waals surface area contributed by atoms with E-state index in [-0.39, 0.29) is 17.9 Å². The van der Waals surface area contributed by atoms with Crippen LogP contribution in [-0.2, 0) is 11.2 Å². The summed E-state index contributed by atoms with van der Waals surface area (Å²) in [5.41, 5.74) is 0.147. The molecule has 1 amide bonds. The number of benzene rings is 1. The summed E-state index contributed by atoms with van der Waals surface area (Å²) in [6, 6.07) is 10.4. The molecule has 0 fully saturated rings. The molecule has 0 aliphatic heterocycles. The van der Waals surface area contributed by atoms with Gasteiger partial charge in [-0.1, -0.05) is 12.1 Å². The van der Waals surface area contributed by atoms with Gasteiger partial charge in [0.1, 0.15) is 34.9 Å². The smallest absolute Gasteiger partial charge is 0.224 e. The largest absolute Gasteiger partial charge is 0.368 e. The predicted octanol–water partition coefficient (Wildman–Crippen LogP) is 2.97. The second kappa shape index (κ2) is 9.54. The highest BCUT2D eigenvalue weighted by Gasteiger charge is 2.09. The van der Waals surface area contributed by atoms with E-state index in [4.69, 9.17) is 0 Å². The van der Waals surface area contributed by atoms with Crippen LogP contribution in [-0.4, -0.2) is 33.9 Å². The summed E-state index contributed by atoms with van der Waals surface area (Å²) in [5, 5.41) is 8.88. The first-order valence-electron chi connectivity index (χ1n) is 8.98. The highest BCUT2D eigenvalue weighted by Crippen LogP contribution is 2.15. The maximum Gasteiger partial charge on any atom is 0.224 e. The van der Waals surface area contributed by atoms with Crippen molar-refractivity contribution in [2.45, 2.75) is 13.3 Å². The average Bonchev–Trinajstić information content (AvgIpc) is 2.68. The molecule has 3 aromatic rings. The maximum absolute atomic E-state index is 13.6. The lowest BCUT2D eigenvalue weighted by atomic mass is 10.1. The Morgan fingerprint density at radius 3 is 2.59 bits per heavy atom. The molecule has 3 rings (SSSR count). The van der Waals surface area contributed by atoms with Crippen molar-refractivity contribution in [1.29, 1.82) is 0 Å². The molecule has 0 spiro atoms. The van der Waals surface area contributed by atoms with Crippen LogP contribution in [0.3, 0.4) is 0 Å². The minimum Gasteiger partial charge on any atom is -0.368 e. The number of nitrogens with one attached hydrogen (secondary N) is 3. The normalized spacial score (nSPS) is 10.4. The molecule has 3 N–H and O–H groups in total. The van der Waals surface area contributed by atoms with E-state index < -0.39 is 11.6 Å². The molecule has 2 aromatic heterocycles. The van der Waals surface area contributed by atoms with Crippen LogP contribution in [0.5, 0.6) is 0 Å². The van der Waals surface area contributed by atoms with Crippen molar-refractivity contribution in [2.75, 3.05) is 23.7 Å². The Hall–Kier alpha value is -3.62. The van der Waals surface area contributed by atoms with E-state index in [1.807, 2.05) is 18.2 Å². The average molecular weight is 398 g/mol. The maximum atomic E-state index is 13.6. The van der Waals surface area contributed by atoms with Crippen molar-refractivity contribution in [2.24, 2.45) is 0 Å². The molecule has 29 heavy (non-hydrogen) atoms. The number of hydrogen-bond donors (Lipinski definition) is 3. The zero-order chi connectivity index (χ0) is 20.6. The highest BCUT2D eigenvalue weighted by molar-refractivity contribution is 5.78. The van der Waals surface area contributed by atoms with Crippen molar-refractivity contribution >= 4 is 23.4 Å². The minimum atomic E-state index is -0.734. The quantitative estimate of drug-likeness (QED) is 0.506. The summed E-state index contributed by atoms with van der Waals surface area (Å²) in [4.78, 5) is 24.7. The minimum absolute atomic E-state index is 0.147. The summed E-state index contributed by atoms with van der Waals surface area (Å²) >= 11 is 0. The van der Waals surface area contributed by atoms with Gasteiger partial charge in [0.15, 0.2) is 0 Å². The fourth-order valence-corrected chi connectivity index (χ4v) is 2.58. The van der Waals surface area contributed by atoms with Crippen LogP contribution in [0.4, 0.5) is 26.2 Å². The zero-order valence-corrected chi connectivity index (χ0v) is 15.7. The molecule has 0 saturated carbocycles. The van der Waals surface area contributed by atoms with Crippen molar-refractivity contribution < 1.29 is 13.6 Å². The molecular weight excluding hydrogens is 378 g/mol. The SMILES string of the molecule is Cc1nc(NCCNC(=O)Cc2ccc(F)cc2F)cc(Nc2ccccn2)n1. The number of hydrogen-bond acceptors (Lipinski definition) is 6. The number of carbonyl (C=O) groups is 1. The third kappa shape index (κ3) is 6.20. The lowest BCUT2D eigenvalue weighted by molar-refractivity contribution is -0.120. The Bertz CT molecular complexity index is 984. The van der Waals surface area contributed by atoms with Crippen LogP contribution in [0.25, 0.3) is 0 Å². The Kier molecular flexibility index (Phi) is 6.62. The number of carbonyl (C=O) groups excluding carboxylic acids is 1. The van der Waals surface area contributed by atoms with E-state index >= 15 is 0 Å². The molecule has 9 heteroatoms. The third-order valence-corrected chi connectivity index (χ3v) is 3.88. The number of halogens is 2. The topological polar surface area (TPSA) is 91.8 Å². The molecule has 0 saturated heterocycles. The molecule has 7 nitrogen and oxygen atoms in total. The fraction of sp³-hybridized carbons (Fsp3) is 0.200. The van der Waals surface area contributed by atoms with Gasteiger partial charge in [-0.15, -0.1) is 0 Å². The number of rotatable bonds is 8. The van der Waals surface area contributed by atoms with Gasteiger partial charge in [-0.25, -0.2) is 23.7 Å². The van der Waals surface area contributed by atoms with E-state index in [9.17, 15) is 13.6 Å². The number of anilines is 3. The van der Waals surface area contributed by atoms with Crippen molar-refractivity contribution in [1.82, 2.24) is 20.3 Å². The highest BCUT2D eigenvalue weighted by atomic mass is 19.1. The van der Waals surface area contributed by atoms with E-state index in [0.717, 1.165) is 12.1 Å². The van der Waals surface area contributed by atoms with Gasteiger partial charge >= 0.3 is 0 Å². The number of aryl methyl sites for hydroxylation is 1. The summed E-state index contributed by atoms with van der Waals surface area (Å²) in [7, 11) is 0. The number of amides is 1. The van der Waals surface area contributed by atoms with E-state index in [2.05, 4.69) is 30.9 Å². The monoisotopic (exact) mass is 398 g/mol.